The van der Waals surface area contributed by atoms with Gasteiger partial charge in [-0.2, -0.15) is 0 Å². The van der Waals surface area contributed by atoms with Gasteiger partial charge in [-0.3, -0.25) is 9.80 Å². The van der Waals surface area contributed by atoms with Gasteiger partial charge in [0.05, 0.1) is 7.11 Å². The first kappa shape index (κ1) is 12.4. The summed E-state index contributed by atoms with van der Waals surface area (Å²) < 4.78 is 18.4. The minimum Gasteiger partial charge on any atom is -0.497 e. The second-order valence-electron chi connectivity index (χ2n) is 3.37. The molecule has 0 spiro atoms. The second-order valence-corrected chi connectivity index (χ2v) is 3.37. The zero-order valence-electron chi connectivity index (χ0n) is 9.58. The molecule has 0 fully saturated rings. The molecule has 1 N–H and O–H groups in total. The Morgan fingerprint density at radius 3 is 2.75 bits per heavy atom. The molecular formula is C11H15FN2O2. The van der Waals surface area contributed by atoms with Crippen LogP contribution in [0.3, 0.4) is 0 Å². The maximum atomic E-state index is 13.5. The first-order chi connectivity index (χ1) is 7.54. The first-order valence-electron chi connectivity index (χ1n) is 4.85. The van der Waals surface area contributed by atoms with Crippen LogP contribution >= 0.6 is 0 Å². The van der Waals surface area contributed by atoms with Gasteiger partial charge in [0.2, 0.25) is 5.91 Å². The number of ether oxygens (including phenoxy) is 1. The second kappa shape index (κ2) is 5.46. The third-order valence-electron chi connectivity index (χ3n) is 2.24. The van der Waals surface area contributed by atoms with Gasteiger partial charge in [-0.05, 0) is 6.07 Å². The van der Waals surface area contributed by atoms with Crippen LogP contribution in [0.5, 0.6) is 5.75 Å². The fourth-order valence-corrected chi connectivity index (χ4v) is 1.11. The number of hydrogen-bond donors (Lipinski definition) is 1. The molecule has 0 saturated heterocycles. The highest BCUT2D eigenvalue weighted by Gasteiger charge is 2.06. The third kappa shape index (κ3) is 3.20. The van der Waals surface area contributed by atoms with E-state index in [9.17, 15) is 9.18 Å². The van der Waals surface area contributed by atoms with E-state index in [1.165, 1.54) is 25.1 Å². The van der Waals surface area contributed by atoms with Crippen molar-refractivity contribution in [2.24, 2.45) is 0 Å². The lowest BCUT2D eigenvalue weighted by molar-refractivity contribution is -0.130. The minimum absolute atomic E-state index is 0.131. The Morgan fingerprint density at radius 1 is 1.56 bits per heavy atom. The number of hydrazine groups is 1. The third-order valence-corrected chi connectivity index (χ3v) is 2.24. The van der Waals surface area contributed by atoms with Crippen molar-refractivity contribution in [2.45, 2.75) is 13.5 Å². The topological polar surface area (TPSA) is 41.6 Å². The number of nitrogens with zero attached hydrogens (tertiary/aromatic N) is 1. The largest absolute Gasteiger partial charge is 0.497 e. The van der Waals surface area contributed by atoms with E-state index in [2.05, 4.69) is 5.43 Å². The van der Waals surface area contributed by atoms with E-state index in [1.54, 1.807) is 19.2 Å². The maximum Gasteiger partial charge on any atom is 0.233 e. The van der Waals surface area contributed by atoms with Crippen LogP contribution in [0.25, 0.3) is 0 Å². The van der Waals surface area contributed by atoms with Crippen molar-refractivity contribution in [3.63, 3.8) is 0 Å². The van der Waals surface area contributed by atoms with Gasteiger partial charge < -0.3 is 4.74 Å². The summed E-state index contributed by atoms with van der Waals surface area (Å²) in [5, 5.41) is 1.31. The van der Waals surface area contributed by atoms with Crippen molar-refractivity contribution in [2.75, 3.05) is 14.2 Å². The molecule has 1 rings (SSSR count). The Balaban J connectivity index is 2.64. The summed E-state index contributed by atoms with van der Waals surface area (Å²) in [4.78, 5) is 10.9. The molecule has 5 heteroatoms. The molecule has 0 saturated carbocycles. The molecule has 1 amide bonds. The molecule has 0 radical (unpaired) electrons. The van der Waals surface area contributed by atoms with E-state index >= 15 is 0 Å². The molecule has 88 valence electrons. The van der Waals surface area contributed by atoms with E-state index in [0.717, 1.165) is 0 Å². The van der Waals surface area contributed by atoms with Crippen LogP contribution in [0.15, 0.2) is 18.2 Å². The van der Waals surface area contributed by atoms with E-state index in [0.29, 0.717) is 11.3 Å². The summed E-state index contributed by atoms with van der Waals surface area (Å²) in [6.45, 7) is 1.68. The van der Waals surface area contributed by atoms with Crippen molar-refractivity contribution in [1.82, 2.24) is 10.4 Å². The van der Waals surface area contributed by atoms with E-state index in [1.807, 2.05) is 0 Å². The first-order valence-corrected chi connectivity index (χ1v) is 4.85. The van der Waals surface area contributed by atoms with Crippen LogP contribution in [0.2, 0.25) is 0 Å². The zero-order valence-corrected chi connectivity index (χ0v) is 9.58. The molecule has 1 aromatic carbocycles. The van der Waals surface area contributed by atoms with Crippen molar-refractivity contribution >= 4 is 5.91 Å². The van der Waals surface area contributed by atoms with Crippen molar-refractivity contribution < 1.29 is 13.9 Å². The predicted octanol–water partition coefficient (Wildman–Crippen LogP) is 1.32. The average Bonchev–Trinajstić information content (AvgIpc) is 2.26. The zero-order chi connectivity index (χ0) is 12.1. The van der Waals surface area contributed by atoms with Crippen LogP contribution in [-0.4, -0.2) is 25.1 Å². The van der Waals surface area contributed by atoms with Gasteiger partial charge in [-0.25, -0.2) is 9.82 Å². The Kier molecular flexibility index (Phi) is 4.25. The molecule has 0 atom stereocenters. The molecule has 0 heterocycles. The average molecular weight is 226 g/mol. The highest BCUT2D eigenvalue weighted by Crippen LogP contribution is 2.15. The lowest BCUT2D eigenvalue weighted by atomic mass is 10.2. The molecule has 4 nitrogen and oxygen atoms in total. The number of carbonyl (C=O) groups excluding carboxylic acids is 1. The fourth-order valence-electron chi connectivity index (χ4n) is 1.11. The van der Waals surface area contributed by atoms with Crippen LogP contribution in [0.1, 0.15) is 12.5 Å². The molecular weight excluding hydrogens is 211 g/mol. The van der Waals surface area contributed by atoms with Gasteiger partial charge in [0.25, 0.3) is 0 Å². The fraction of sp³-hybridized carbons (Fsp3) is 0.364. The van der Waals surface area contributed by atoms with Gasteiger partial charge in [0.15, 0.2) is 0 Å². The molecule has 0 aliphatic rings. The highest BCUT2D eigenvalue weighted by molar-refractivity contribution is 5.72. The number of benzene rings is 1. The normalized spacial score (nSPS) is 10.0. The van der Waals surface area contributed by atoms with Gasteiger partial charge >= 0.3 is 0 Å². The van der Waals surface area contributed by atoms with E-state index < -0.39 is 0 Å². The molecule has 0 aliphatic heterocycles. The number of halogens is 1. The summed E-state index contributed by atoms with van der Waals surface area (Å²) in [7, 11) is 3.07. The monoisotopic (exact) mass is 226 g/mol. The SMILES string of the molecule is COc1ccc(CNN(C)C(C)=O)c(F)c1. The van der Waals surface area contributed by atoms with Crippen LogP contribution in [0, 0.1) is 5.82 Å². The quantitative estimate of drug-likeness (QED) is 0.787. The summed E-state index contributed by atoms with van der Waals surface area (Å²) >= 11 is 0. The molecule has 0 unspecified atom stereocenters. The minimum atomic E-state index is -0.358. The van der Waals surface area contributed by atoms with Crippen molar-refractivity contribution in [1.29, 1.82) is 0 Å². The van der Waals surface area contributed by atoms with Crippen molar-refractivity contribution in [3.8, 4) is 5.75 Å². The summed E-state index contributed by atoms with van der Waals surface area (Å²) in [5.74, 6) is -0.0149. The lowest BCUT2D eigenvalue weighted by Crippen LogP contribution is -2.37. The Bertz CT molecular complexity index is 382. The van der Waals surface area contributed by atoms with E-state index in [-0.39, 0.29) is 18.3 Å². The highest BCUT2D eigenvalue weighted by atomic mass is 19.1. The number of carbonyl (C=O) groups is 1. The predicted molar refractivity (Wildman–Crippen MR) is 58.2 cm³/mol. The van der Waals surface area contributed by atoms with Gasteiger partial charge in [0.1, 0.15) is 11.6 Å². The van der Waals surface area contributed by atoms with Crippen LogP contribution < -0.4 is 10.2 Å². The number of nitrogens with one attached hydrogen (secondary N) is 1. The van der Waals surface area contributed by atoms with Crippen LogP contribution in [-0.2, 0) is 11.3 Å². The molecule has 1 aromatic rings. The summed E-state index contributed by atoms with van der Waals surface area (Å²) in [6, 6.07) is 4.60. The standard InChI is InChI=1S/C11H15FN2O2/c1-8(15)14(2)13-7-9-4-5-10(16-3)6-11(9)12/h4-6,13H,7H2,1-3H3. The number of methoxy groups -OCH3 is 1. The Hall–Kier alpha value is -1.62. The Morgan fingerprint density at radius 2 is 2.25 bits per heavy atom. The molecule has 16 heavy (non-hydrogen) atoms. The van der Waals surface area contributed by atoms with Gasteiger partial charge in [-0.15, -0.1) is 0 Å². The Labute approximate surface area is 94.0 Å². The van der Waals surface area contributed by atoms with Crippen molar-refractivity contribution in [3.05, 3.63) is 29.6 Å². The van der Waals surface area contributed by atoms with E-state index in [4.69, 9.17) is 4.74 Å². The maximum absolute atomic E-state index is 13.5. The molecule has 0 bridgehead atoms. The number of amides is 1. The molecule has 0 aromatic heterocycles. The molecule has 0 aliphatic carbocycles. The number of hydrogen-bond acceptors (Lipinski definition) is 3. The summed E-state index contributed by atoms with van der Waals surface area (Å²) in [6.07, 6.45) is 0. The smallest absolute Gasteiger partial charge is 0.233 e. The van der Waals surface area contributed by atoms with Gasteiger partial charge in [-0.1, -0.05) is 6.07 Å². The van der Waals surface area contributed by atoms with Crippen LogP contribution in [0.4, 0.5) is 4.39 Å². The lowest BCUT2D eigenvalue weighted by Gasteiger charge is -2.16. The van der Waals surface area contributed by atoms with Gasteiger partial charge in [0, 0.05) is 32.1 Å². The summed E-state index contributed by atoms with van der Waals surface area (Å²) in [5.41, 5.74) is 3.26. The number of rotatable bonds is 4.